The molecule has 0 aliphatic carbocycles. The fraction of sp³-hybridized carbons (Fsp3) is 0.625. The Hall–Kier alpha value is -0.600. The van der Waals surface area contributed by atoms with Crippen LogP contribution in [0, 0.1) is 11.7 Å². The van der Waals surface area contributed by atoms with Gasteiger partial charge in [-0.05, 0) is 61.9 Å². The first-order valence-electron chi connectivity index (χ1n) is 7.22. The van der Waals surface area contributed by atoms with Gasteiger partial charge in [0.15, 0.2) is 0 Å². The molecule has 1 rings (SSSR count). The van der Waals surface area contributed by atoms with E-state index < -0.39 is 0 Å². The summed E-state index contributed by atoms with van der Waals surface area (Å²) in [7, 11) is 0. The van der Waals surface area contributed by atoms with Crippen molar-refractivity contribution in [3.63, 3.8) is 0 Å². The maximum Gasteiger partial charge on any atom is 0.126 e. The van der Waals surface area contributed by atoms with E-state index in [1.165, 1.54) is 6.07 Å². The van der Waals surface area contributed by atoms with E-state index >= 15 is 0 Å². The fourth-order valence-electron chi connectivity index (χ4n) is 2.25. The Bertz CT molecular complexity index is 379. The SMILES string of the molecule is CCCNC(CCCc1cc(Cl)ccc1F)C(C)C. The van der Waals surface area contributed by atoms with E-state index in [9.17, 15) is 4.39 Å². The third-order valence-corrected chi connectivity index (χ3v) is 3.67. The summed E-state index contributed by atoms with van der Waals surface area (Å²) >= 11 is 5.90. The first-order chi connectivity index (χ1) is 9.04. The van der Waals surface area contributed by atoms with Crippen LogP contribution in [0.5, 0.6) is 0 Å². The van der Waals surface area contributed by atoms with Crippen molar-refractivity contribution in [1.29, 1.82) is 0 Å². The van der Waals surface area contributed by atoms with E-state index in [-0.39, 0.29) is 5.82 Å². The molecule has 0 aliphatic rings. The molecule has 0 radical (unpaired) electrons. The van der Waals surface area contributed by atoms with Crippen LogP contribution in [0.2, 0.25) is 5.02 Å². The zero-order valence-corrected chi connectivity index (χ0v) is 12.9. The molecule has 1 N–H and O–H groups in total. The van der Waals surface area contributed by atoms with Gasteiger partial charge in [0.25, 0.3) is 0 Å². The van der Waals surface area contributed by atoms with Crippen molar-refractivity contribution in [3.05, 3.63) is 34.6 Å². The molecule has 0 bridgehead atoms. The highest BCUT2D eigenvalue weighted by Gasteiger charge is 2.12. The third-order valence-electron chi connectivity index (χ3n) is 3.43. The summed E-state index contributed by atoms with van der Waals surface area (Å²) in [4.78, 5) is 0. The standard InChI is InChI=1S/C16H25ClFN/c1-4-10-19-16(12(2)3)7-5-6-13-11-14(17)8-9-15(13)18/h8-9,11-12,16,19H,4-7,10H2,1-3H3. The zero-order chi connectivity index (χ0) is 14.3. The van der Waals surface area contributed by atoms with Crippen LogP contribution in [0.1, 0.15) is 45.6 Å². The molecule has 0 amide bonds. The quantitative estimate of drug-likeness (QED) is 0.722. The summed E-state index contributed by atoms with van der Waals surface area (Å²) in [6, 6.07) is 5.30. The van der Waals surface area contributed by atoms with Gasteiger partial charge < -0.3 is 5.32 Å². The first-order valence-corrected chi connectivity index (χ1v) is 7.59. The lowest BCUT2D eigenvalue weighted by atomic mass is 9.96. The minimum atomic E-state index is -0.146. The third kappa shape index (κ3) is 5.92. The molecule has 1 unspecified atom stereocenters. The molecule has 1 atom stereocenters. The van der Waals surface area contributed by atoms with Crippen LogP contribution in [0.3, 0.4) is 0 Å². The van der Waals surface area contributed by atoms with Gasteiger partial charge in [-0.2, -0.15) is 0 Å². The molecule has 3 heteroatoms. The van der Waals surface area contributed by atoms with E-state index in [1.54, 1.807) is 12.1 Å². The molecule has 0 aliphatic heterocycles. The Labute approximate surface area is 121 Å². The van der Waals surface area contributed by atoms with Crippen LogP contribution in [0.4, 0.5) is 4.39 Å². The molecular weight excluding hydrogens is 261 g/mol. The highest BCUT2D eigenvalue weighted by molar-refractivity contribution is 6.30. The molecule has 0 saturated heterocycles. The molecule has 0 fully saturated rings. The lowest BCUT2D eigenvalue weighted by molar-refractivity contribution is 0.370. The second-order valence-corrected chi connectivity index (χ2v) is 5.87. The predicted molar refractivity (Wildman–Crippen MR) is 81.3 cm³/mol. The Morgan fingerprint density at radius 2 is 2.05 bits per heavy atom. The number of aryl methyl sites for hydroxylation is 1. The summed E-state index contributed by atoms with van der Waals surface area (Å²) < 4.78 is 13.6. The van der Waals surface area contributed by atoms with Crippen molar-refractivity contribution in [1.82, 2.24) is 5.32 Å². The van der Waals surface area contributed by atoms with E-state index in [0.717, 1.165) is 37.8 Å². The van der Waals surface area contributed by atoms with E-state index in [2.05, 4.69) is 26.1 Å². The van der Waals surface area contributed by atoms with Crippen LogP contribution in [-0.2, 0) is 6.42 Å². The minimum absolute atomic E-state index is 0.146. The highest BCUT2D eigenvalue weighted by Crippen LogP contribution is 2.18. The first kappa shape index (κ1) is 16.5. The summed E-state index contributed by atoms with van der Waals surface area (Å²) in [6.07, 6.45) is 3.95. The summed E-state index contributed by atoms with van der Waals surface area (Å²) in [5.41, 5.74) is 0.727. The number of hydrogen-bond donors (Lipinski definition) is 1. The smallest absolute Gasteiger partial charge is 0.126 e. The van der Waals surface area contributed by atoms with E-state index in [0.29, 0.717) is 17.0 Å². The Morgan fingerprint density at radius 3 is 2.68 bits per heavy atom. The van der Waals surface area contributed by atoms with E-state index in [4.69, 9.17) is 11.6 Å². The van der Waals surface area contributed by atoms with Crippen molar-refractivity contribution in [2.45, 2.75) is 52.5 Å². The van der Waals surface area contributed by atoms with Crippen LogP contribution >= 0.6 is 11.6 Å². The van der Waals surface area contributed by atoms with Crippen molar-refractivity contribution in [3.8, 4) is 0 Å². The monoisotopic (exact) mass is 285 g/mol. The van der Waals surface area contributed by atoms with Crippen LogP contribution in [0.15, 0.2) is 18.2 Å². The van der Waals surface area contributed by atoms with Gasteiger partial charge in [-0.15, -0.1) is 0 Å². The number of halogens is 2. The Balaban J connectivity index is 2.44. The van der Waals surface area contributed by atoms with Gasteiger partial charge >= 0.3 is 0 Å². The van der Waals surface area contributed by atoms with Gasteiger partial charge in [0, 0.05) is 11.1 Å². The largest absolute Gasteiger partial charge is 0.314 e. The van der Waals surface area contributed by atoms with Gasteiger partial charge in [-0.3, -0.25) is 0 Å². The molecule has 19 heavy (non-hydrogen) atoms. The van der Waals surface area contributed by atoms with Gasteiger partial charge in [0.2, 0.25) is 0 Å². The number of hydrogen-bond acceptors (Lipinski definition) is 1. The molecule has 0 heterocycles. The average molecular weight is 286 g/mol. The van der Waals surface area contributed by atoms with Gasteiger partial charge in [0.1, 0.15) is 5.82 Å². The summed E-state index contributed by atoms with van der Waals surface area (Å²) in [5, 5.41) is 4.17. The molecule has 1 aromatic carbocycles. The second kappa shape index (κ2) is 8.55. The molecule has 1 aromatic rings. The van der Waals surface area contributed by atoms with E-state index in [1.807, 2.05) is 0 Å². The van der Waals surface area contributed by atoms with Crippen molar-refractivity contribution in [2.75, 3.05) is 6.54 Å². The Morgan fingerprint density at radius 1 is 1.32 bits per heavy atom. The van der Waals surface area contributed by atoms with Gasteiger partial charge in [-0.25, -0.2) is 4.39 Å². The molecule has 1 nitrogen and oxygen atoms in total. The molecule has 0 spiro atoms. The van der Waals surface area contributed by atoms with Crippen molar-refractivity contribution >= 4 is 11.6 Å². The number of nitrogens with one attached hydrogen (secondary N) is 1. The molecule has 108 valence electrons. The highest BCUT2D eigenvalue weighted by atomic mass is 35.5. The maximum atomic E-state index is 13.6. The summed E-state index contributed by atoms with van der Waals surface area (Å²) in [6.45, 7) is 7.68. The number of rotatable bonds is 8. The zero-order valence-electron chi connectivity index (χ0n) is 12.2. The van der Waals surface area contributed by atoms with Crippen LogP contribution in [0.25, 0.3) is 0 Å². The van der Waals surface area contributed by atoms with Crippen molar-refractivity contribution < 1.29 is 4.39 Å². The number of benzene rings is 1. The minimum Gasteiger partial charge on any atom is -0.314 e. The van der Waals surface area contributed by atoms with Gasteiger partial charge in [0.05, 0.1) is 0 Å². The molecule has 0 aromatic heterocycles. The molecule has 0 saturated carbocycles. The van der Waals surface area contributed by atoms with Gasteiger partial charge in [-0.1, -0.05) is 32.4 Å². The second-order valence-electron chi connectivity index (χ2n) is 5.43. The normalized spacial score (nSPS) is 12.9. The lowest BCUT2D eigenvalue weighted by Gasteiger charge is -2.22. The van der Waals surface area contributed by atoms with Crippen molar-refractivity contribution in [2.24, 2.45) is 5.92 Å². The fourth-order valence-corrected chi connectivity index (χ4v) is 2.44. The van der Waals surface area contributed by atoms with Crippen LogP contribution < -0.4 is 5.32 Å². The van der Waals surface area contributed by atoms with Crippen LogP contribution in [-0.4, -0.2) is 12.6 Å². The Kier molecular flexibility index (Phi) is 7.40. The molecular formula is C16H25ClFN. The maximum absolute atomic E-state index is 13.6. The predicted octanol–water partition coefficient (Wildman–Crippen LogP) is 4.83. The topological polar surface area (TPSA) is 12.0 Å². The lowest BCUT2D eigenvalue weighted by Crippen LogP contribution is -2.34. The summed E-state index contributed by atoms with van der Waals surface area (Å²) in [5.74, 6) is 0.461. The average Bonchev–Trinajstić information content (AvgIpc) is 2.37.